The van der Waals surface area contributed by atoms with Crippen molar-refractivity contribution >= 4 is 0 Å². The minimum Gasteiger partial charge on any atom is -0.485 e. The summed E-state index contributed by atoms with van der Waals surface area (Å²) >= 11 is 0. The Morgan fingerprint density at radius 1 is 1.22 bits per heavy atom. The third kappa shape index (κ3) is 5.30. The van der Waals surface area contributed by atoms with E-state index in [0.29, 0.717) is 6.42 Å². The molecule has 0 saturated heterocycles. The van der Waals surface area contributed by atoms with Crippen molar-refractivity contribution in [1.29, 1.82) is 0 Å². The van der Waals surface area contributed by atoms with Crippen LogP contribution in [0.3, 0.4) is 0 Å². The van der Waals surface area contributed by atoms with Gasteiger partial charge >= 0.3 is 0 Å². The molecule has 2 nitrogen and oxygen atoms in total. The fraction of sp³-hybridized carbons (Fsp3) is 0.429. The Hall–Kier alpha value is -1.98. The van der Waals surface area contributed by atoms with Crippen LogP contribution in [0.5, 0.6) is 5.75 Å². The standard InChI is InChI=1S/C21H28O2/c1-7-9-10-11-17(8-2)21(5,6)18-12-14-19(15-13-18)23-20(3,4)16-22/h1,8,10-15,22H,9,16H2,2-6H3/b11-10-,17-8+. The third-order valence-corrected chi connectivity index (χ3v) is 3.92. The van der Waals surface area contributed by atoms with Crippen molar-refractivity contribution in [3.63, 3.8) is 0 Å². The second kappa shape index (κ2) is 8.04. The number of benzene rings is 1. The van der Waals surface area contributed by atoms with Crippen molar-refractivity contribution in [2.75, 3.05) is 6.61 Å². The molecule has 23 heavy (non-hydrogen) atoms. The summed E-state index contributed by atoms with van der Waals surface area (Å²) in [4.78, 5) is 0. The molecule has 0 spiro atoms. The molecule has 0 atom stereocenters. The van der Waals surface area contributed by atoms with E-state index in [1.807, 2.05) is 39.0 Å². The number of hydrogen-bond donors (Lipinski definition) is 1. The lowest BCUT2D eigenvalue weighted by Crippen LogP contribution is -2.32. The van der Waals surface area contributed by atoms with Crippen LogP contribution in [0.15, 0.2) is 48.1 Å². The number of aliphatic hydroxyl groups excluding tert-OH is 1. The van der Waals surface area contributed by atoms with Crippen LogP contribution in [0.25, 0.3) is 0 Å². The lowest BCUT2D eigenvalue weighted by atomic mass is 9.77. The second-order valence-electron chi connectivity index (χ2n) is 6.72. The number of ether oxygens (including phenoxy) is 1. The summed E-state index contributed by atoms with van der Waals surface area (Å²) in [6.07, 6.45) is 12.2. The normalized spacial score (nSPS) is 13.2. The van der Waals surface area contributed by atoms with Gasteiger partial charge < -0.3 is 9.84 Å². The second-order valence-corrected chi connectivity index (χ2v) is 6.72. The average molecular weight is 312 g/mol. The smallest absolute Gasteiger partial charge is 0.126 e. The molecular weight excluding hydrogens is 284 g/mol. The maximum absolute atomic E-state index is 9.29. The van der Waals surface area contributed by atoms with Gasteiger partial charge in [-0.25, -0.2) is 0 Å². The number of hydrogen-bond acceptors (Lipinski definition) is 2. The Kier molecular flexibility index (Phi) is 6.66. The average Bonchev–Trinajstić information content (AvgIpc) is 2.51. The van der Waals surface area contributed by atoms with E-state index < -0.39 is 5.60 Å². The summed E-state index contributed by atoms with van der Waals surface area (Å²) in [5.74, 6) is 3.38. The zero-order valence-electron chi connectivity index (χ0n) is 14.9. The maximum atomic E-state index is 9.29. The van der Waals surface area contributed by atoms with E-state index in [2.05, 4.69) is 44.1 Å². The first-order chi connectivity index (χ1) is 10.8. The highest BCUT2D eigenvalue weighted by Gasteiger charge is 2.24. The molecule has 2 heteroatoms. The number of aliphatic hydroxyl groups is 1. The Labute approximate surface area is 140 Å². The molecule has 0 bridgehead atoms. The van der Waals surface area contributed by atoms with E-state index >= 15 is 0 Å². The zero-order chi connectivity index (χ0) is 17.5. The van der Waals surface area contributed by atoms with Gasteiger partial charge in [-0.15, -0.1) is 12.3 Å². The first kappa shape index (κ1) is 19.1. The lowest BCUT2D eigenvalue weighted by molar-refractivity contribution is 0.0412. The van der Waals surface area contributed by atoms with Crippen molar-refractivity contribution in [3.8, 4) is 18.1 Å². The van der Waals surface area contributed by atoms with Crippen molar-refractivity contribution in [2.24, 2.45) is 0 Å². The van der Waals surface area contributed by atoms with E-state index in [1.54, 1.807) is 0 Å². The van der Waals surface area contributed by atoms with Gasteiger partial charge in [0.2, 0.25) is 0 Å². The van der Waals surface area contributed by atoms with Crippen LogP contribution >= 0.6 is 0 Å². The van der Waals surface area contributed by atoms with E-state index in [4.69, 9.17) is 11.2 Å². The quantitative estimate of drug-likeness (QED) is 0.587. The molecule has 0 radical (unpaired) electrons. The fourth-order valence-electron chi connectivity index (χ4n) is 2.38. The van der Waals surface area contributed by atoms with Gasteiger partial charge in [-0.3, -0.25) is 0 Å². The summed E-state index contributed by atoms with van der Waals surface area (Å²) < 4.78 is 5.78. The van der Waals surface area contributed by atoms with Gasteiger partial charge in [0.05, 0.1) is 6.61 Å². The molecule has 0 aliphatic heterocycles. The monoisotopic (exact) mass is 312 g/mol. The Balaban J connectivity index is 2.99. The van der Waals surface area contributed by atoms with Crippen molar-refractivity contribution < 1.29 is 9.84 Å². The van der Waals surface area contributed by atoms with Gasteiger partial charge in [0.15, 0.2) is 0 Å². The van der Waals surface area contributed by atoms with E-state index in [-0.39, 0.29) is 12.0 Å². The van der Waals surface area contributed by atoms with E-state index in [0.717, 1.165) is 5.75 Å². The maximum Gasteiger partial charge on any atom is 0.126 e. The Bertz CT molecular complexity index is 596. The molecule has 0 unspecified atom stereocenters. The van der Waals surface area contributed by atoms with Gasteiger partial charge in [0, 0.05) is 11.8 Å². The lowest BCUT2D eigenvalue weighted by Gasteiger charge is -2.28. The van der Waals surface area contributed by atoms with Crippen molar-refractivity contribution in [2.45, 2.75) is 52.1 Å². The summed E-state index contributed by atoms with van der Waals surface area (Å²) in [7, 11) is 0. The Morgan fingerprint density at radius 2 is 1.83 bits per heavy atom. The summed E-state index contributed by atoms with van der Waals surface area (Å²) in [5, 5.41) is 9.29. The van der Waals surface area contributed by atoms with Gasteiger partial charge in [0.25, 0.3) is 0 Å². The number of allylic oxidation sites excluding steroid dienone is 4. The molecule has 124 valence electrons. The largest absolute Gasteiger partial charge is 0.485 e. The minimum atomic E-state index is -0.580. The predicted octanol–water partition coefficient (Wildman–Crippen LogP) is 4.64. The molecule has 1 rings (SSSR count). The Morgan fingerprint density at radius 3 is 2.30 bits per heavy atom. The van der Waals surface area contributed by atoms with Gasteiger partial charge in [-0.2, -0.15) is 0 Å². The zero-order valence-corrected chi connectivity index (χ0v) is 14.9. The van der Waals surface area contributed by atoms with E-state index in [9.17, 15) is 5.11 Å². The summed E-state index contributed by atoms with van der Waals surface area (Å²) in [6.45, 7) is 10.1. The van der Waals surface area contributed by atoms with Crippen LogP contribution in [0.1, 0.15) is 46.6 Å². The first-order valence-corrected chi connectivity index (χ1v) is 7.94. The third-order valence-electron chi connectivity index (χ3n) is 3.92. The summed E-state index contributed by atoms with van der Waals surface area (Å²) in [6, 6.07) is 8.04. The van der Waals surface area contributed by atoms with Crippen LogP contribution in [0, 0.1) is 12.3 Å². The van der Waals surface area contributed by atoms with Crippen LogP contribution in [-0.4, -0.2) is 17.3 Å². The molecule has 1 aromatic rings. The molecule has 0 amide bonds. The van der Waals surface area contributed by atoms with Crippen LogP contribution in [-0.2, 0) is 5.41 Å². The highest BCUT2D eigenvalue weighted by atomic mass is 16.5. The molecule has 0 fully saturated rings. The molecule has 0 saturated carbocycles. The SMILES string of the molecule is C#CC/C=C\C(=C/C)C(C)(C)c1ccc(OC(C)(C)CO)cc1. The molecule has 1 N–H and O–H groups in total. The van der Waals surface area contributed by atoms with Crippen LogP contribution < -0.4 is 4.74 Å². The highest BCUT2D eigenvalue weighted by molar-refractivity contribution is 5.42. The number of rotatable bonds is 7. The minimum absolute atomic E-state index is 0.0249. The highest BCUT2D eigenvalue weighted by Crippen LogP contribution is 2.33. The topological polar surface area (TPSA) is 29.5 Å². The van der Waals surface area contributed by atoms with Crippen molar-refractivity contribution in [1.82, 2.24) is 0 Å². The fourth-order valence-corrected chi connectivity index (χ4v) is 2.38. The van der Waals surface area contributed by atoms with Gasteiger partial charge in [-0.1, -0.05) is 44.2 Å². The van der Waals surface area contributed by atoms with Crippen LogP contribution in [0.2, 0.25) is 0 Å². The molecule has 0 aliphatic carbocycles. The molecule has 1 aromatic carbocycles. The first-order valence-electron chi connectivity index (χ1n) is 7.94. The molecule has 0 aromatic heterocycles. The van der Waals surface area contributed by atoms with E-state index in [1.165, 1.54) is 11.1 Å². The van der Waals surface area contributed by atoms with Gasteiger partial charge in [-0.05, 0) is 44.0 Å². The van der Waals surface area contributed by atoms with Crippen molar-refractivity contribution in [3.05, 3.63) is 53.6 Å². The molecular formula is C21H28O2. The predicted molar refractivity (Wildman–Crippen MR) is 97.6 cm³/mol. The molecule has 0 aliphatic rings. The van der Waals surface area contributed by atoms with Gasteiger partial charge in [0.1, 0.15) is 11.4 Å². The van der Waals surface area contributed by atoms with Crippen LogP contribution in [0.4, 0.5) is 0 Å². The number of terminal acetylenes is 1. The molecule has 0 heterocycles. The summed E-state index contributed by atoms with van der Waals surface area (Å²) in [5.41, 5.74) is 1.72.